The van der Waals surface area contributed by atoms with Gasteiger partial charge >= 0.3 is 0 Å². The highest BCUT2D eigenvalue weighted by atomic mass is 16.5. The predicted octanol–water partition coefficient (Wildman–Crippen LogP) is 3.90. The highest BCUT2D eigenvalue weighted by molar-refractivity contribution is 5.77. The number of furan rings is 1. The zero-order valence-corrected chi connectivity index (χ0v) is 12.2. The first-order valence-electron chi connectivity index (χ1n) is 6.94. The lowest BCUT2D eigenvalue weighted by atomic mass is 9.91. The first-order valence-corrected chi connectivity index (χ1v) is 6.94. The van der Waals surface area contributed by atoms with Gasteiger partial charge < -0.3 is 14.5 Å². The monoisotopic (exact) mass is 261 g/mol. The van der Waals surface area contributed by atoms with Crippen molar-refractivity contribution >= 4 is 11.0 Å². The Morgan fingerprint density at radius 1 is 1.32 bits per heavy atom. The zero-order valence-electron chi connectivity index (χ0n) is 12.2. The third-order valence-corrected chi connectivity index (χ3v) is 3.80. The van der Waals surface area contributed by atoms with Crippen LogP contribution in [0.3, 0.4) is 0 Å². The molecule has 3 nitrogen and oxygen atoms in total. The van der Waals surface area contributed by atoms with Crippen LogP contribution < -0.4 is 5.32 Å². The van der Waals surface area contributed by atoms with E-state index in [2.05, 4.69) is 31.3 Å². The first-order chi connectivity index (χ1) is 9.14. The Hall–Kier alpha value is -1.32. The molecule has 2 rings (SSSR count). The number of fused-ring (bicyclic) bond motifs is 1. The summed E-state index contributed by atoms with van der Waals surface area (Å²) in [6.07, 6.45) is 0.920. The van der Waals surface area contributed by atoms with Gasteiger partial charge in [-0.15, -0.1) is 0 Å². The molecule has 0 aliphatic carbocycles. The van der Waals surface area contributed by atoms with Crippen LogP contribution in [0.25, 0.3) is 11.0 Å². The van der Waals surface area contributed by atoms with E-state index in [-0.39, 0.29) is 11.6 Å². The summed E-state index contributed by atoms with van der Waals surface area (Å²) >= 11 is 0. The molecule has 2 atom stereocenters. The molecule has 0 aliphatic rings. The van der Waals surface area contributed by atoms with Crippen LogP contribution in [0.15, 0.2) is 34.7 Å². The second kappa shape index (κ2) is 5.76. The van der Waals surface area contributed by atoms with E-state index in [1.54, 1.807) is 0 Å². The number of nitrogens with one attached hydrogen (secondary N) is 1. The summed E-state index contributed by atoms with van der Waals surface area (Å²) in [5, 5.41) is 4.47. The summed E-state index contributed by atoms with van der Waals surface area (Å²) in [5.41, 5.74) is 0.657. The summed E-state index contributed by atoms with van der Waals surface area (Å²) in [6, 6.07) is 10.2. The Kier molecular flexibility index (Phi) is 4.27. The van der Waals surface area contributed by atoms with Gasteiger partial charge in [0.05, 0.1) is 11.6 Å². The second-order valence-electron chi connectivity index (χ2n) is 5.01. The Bertz CT molecular complexity index is 501. The molecule has 0 radical (unpaired) electrons. The minimum absolute atomic E-state index is 0.0462. The van der Waals surface area contributed by atoms with Gasteiger partial charge in [0.25, 0.3) is 0 Å². The van der Waals surface area contributed by atoms with Gasteiger partial charge in [-0.2, -0.15) is 0 Å². The largest absolute Gasteiger partial charge is 0.459 e. The maximum atomic E-state index is 5.97. The number of rotatable bonds is 6. The molecule has 1 heterocycles. The Labute approximate surface area is 114 Å². The molecular formula is C16H23NO2. The maximum Gasteiger partial charge on any atom is 0.134 e. The molecule has 2 unspecified atom stereocenters. The molecule has 0 fully saturated rings. The van der Waals surface area contributed by atoms with Gasteiger partial charge in [0.15, 0.2) is 0 Å². The highest BCUT2D eigenvalue weighted by Crippen LogP contribution is 2.34. The molecule has 1 aromatic heterocycles. The van der Waals surface area contributed by atoms with Crippen molar-refractivity contribution in [2.45, 2.75) is 38.8 Å². The minimum atomic E-state index is -0.266. The average molecular weight is 261 g/mol. The molecular weight excluding hydrogens is 238 g/mol. The van der Waals surface area contributed by atoms with Crippen LogP contribution in [-0.4, -0.2) is 19.3 Å². The van der Waals surface area contributed by atoms with Crippen LogP contribution in [0.4, 0.5) is 0 Å². The fourth-order valence-electron chi connectivity index (χ4n) is 2.61. The molecule has 0 amide bonds. The van der Waals surface area contributed by atoms with E-state index >= 15 is 0 Å². The molecule has 1 N–H and O–H groups in total. The third-order valence-electron chi connectivity index (χ3n) is 3.80. The quantitative estimate of drug-likeness (QED) is 0.856. The van der Waals surface area contributed by atoms with Crippen LogP contribution in [0, 0.1) is 0 Å². The van der Waals surface area contributed by atoms with Crippen molar-refractivity contribution in [3.05, 3.63) is 36.1 Å². The van der Waals surface area contributed by atoms with Crippen molar-refractivity contribution in [2.75, 3.05) is 13.7 Å². The molecule has 0 spiro atoms. The molecule has 0 bridgehead atoms. The highest BCUT2D eigenvalue weighted by Gasteiger charge is 2.35. The van der Waals surface area contributed by atoms with E-state index in [4.69, 9.17) is 9.15 Å². The van der Waals surface area contributed by atoms with E-state index in [1.165, 1.54) is 0 Å². The van der Waals surface area contributed by atoms with Gasteiger partial charge in [0, 0.05) is 12.0 Å². The van der Waals surface area contributed by atoms with E-state index in [0.717, 1.165) is 23.2 Å². The Balaban J connectivity index is 2.40. The predicted molar refractivity (Wildman–Crippen MR) is 78.3 cm³/mol. The fraction of sp³-hybridized carbons (Fsp3) is 0.500. The topological polar surface area (TPSA) is 34.4 Å². The molecule has 2 aromatic rings. The van der Waals surface area contributed by atoms with Crippen LogP contribution in [-0.2, 0) is 4.74 Å². The van der Waals surface area contributed by atoms with Crippen molar-refractivity contribution in [1.82, 2.24) is 5.32 Å². The van der Waals surface area contributed by atoms with Gasteiger partial charge in [-0.3, -0.25) is 0 Å². The van der Waals surface area contributed by atoms with Crippen molar-refractivity contribution in [2.24, 2.45) is 0 Å². The molecule has 104 valence electrons. The molecule has 3 heteroatoms. The van der Waals surface area contributed by atoms with Gasteiger partial charge in [-0.1, -0.05) is 25.1 Å². The number of likely N-dealkylation sites (N-methyl/N-ethyl adjacent to an activating group) is 1. The van der Waals surface area contributed by atoms with Gasteiger partial charge in [0.2, 0.25) is 0 Å². The second-order valence-corrected chi connectivity index (χ2v) is 5.01. The lowest BCUT2D eigenvalue weighted by Gasteiger charge is -2.35. The average Bonchev–Trinajstić information content (AvgIpc) is 2.83. The summed E-state index contributed by atoms with van der Waals surface area (Å²) in [7, 11) is 1.95. The SMILES string of the molecule is CCOC(C)(CC)C(NC)c1cc2ccccc2o1. The molecule has 0 saturated carbocycles. The van der Waals surface area contributed by atoms with Gasteiger partial charge in [0.1, 0.15) is 11.3 Å². The van der Waals surface area contributed by atoms with Crippen molar-refractivity contribution in [3.63, 3.8) is 0 Å². The summed E-state index contributed by atoms with van der Waals surface area (Å²) in [5.74, 6) is 0.932. The first kappa shape index (κ1) is 14.1. The number of hydrogen-bond donors (Lipinski definition) is 1. The minimum Gasteiger partial charge on any atom is -0.459 e. The van der Waals surface area contributed by atoms with E-state index in [1.807, 2.05) is 32.2 Å². The third kappa shape index (κ3) is 2.67. The molecule has 19 heavy (non-hydrogen) atoms. The van der Waals surface area contributed by atoms with Crippen molar-refractivity contribution < 1.29 is 9.15 Å². The Morgan fingerprint density at radius 2 is 2.05 bits per heavy atom. The molecule has 1 aromatic carbocycles. The lowest BCUT2D eigenvalue weighted by Crippen LogP contribution is -2.42. The van der Waals surface area contributed by atoms with Crippen LogP contribution in [0.2, 0.25) is 0 Å². The lowest BCUT2D eigenvalue weighted by molar-refractivity contribution is -0.0588. The standard InChI is InChI=1S/C16H23NO2/c1-5-16(3,18-6-2)15(17-4)14-11-12-9-7-8-10-13(12)19-14/h7-11,15,17H,5-6H2,1-4H3. The number of benzene rings is 1. The molecule has 0 saturated heterocycles. The van der Waals surface area contributed by atoms with Crippen LogP contribution >= 0.6 is 0 Å². The summed E-state index contributed by atoms with van der Waals surface area (Å²) in [4.78, 5) is 0. The van der Waals surface area contributed by atoms with E-state index in [0.29, 0.717) is 6.61 Å². The number of ether oxygens (including phenoxy) is 1. The number of para-hydroxylation sites is 1. The van der Waals surface area contributed by atoms with Crippen molar-refractivity contribution in [3.8, 4) is 0 Å². The van der Waals surface area contributed by atoms with Crippen molar-refractivity contribution in [1.29, 1.82) is 0 Å². The van der Waals surface area contributed by atoms with Crippen LogP contribution in [0.1, 0.15) is 39.0 Å². The van der Waals surface area contributed by atoms with Crippen LogP contribution in [0.5, 0.6) is 0 Å². The number of hydrogen-bond acceptors (Lipinski definition) is 3. The molecule has 0 aliphatic heterocycles. The van der Waals surface area contributed by atoms with Gasteiger partial charge in [-0.25, -0.2) is 0 Å². The normalized spacial score (nSPS) is 16.4. The smallest absolute Gasteiger partial charge is 0.134 e. The summed E-state index contributed by atoms with van der Waals surface area (Å²) < 4.78 is 11.9. The van der Waals surface area contributed by atoms with Gasteiger partial charge in [-0.05, 0) is 39.4 Å². The summed E-state index contributed by atoms with van der Waals surface area (Å²) in [6.45, 7) is 7.00. The van der Waals surface area contributed by atoms with E-state index < -0.39 is 0 Å². The maximum absolute atomic E-state index is 5.97. The fourth-order valence-corrected chi connectivity index (χ4v) is 2.61. The van der Waals surface area contributed by atoms with E-state index in [9.17, 15) is 0 Å². The zero-order chi connectivity index (χ0) is 13.9. The Morgan fingerprint density at radius 3 is 2.63 bits per heavy atom.